The number of aryl methyl sites for hydroxylation is 1. The molecule has 0 aliphatic rings. The summed E-state index contributed by atoms with van der Waals surface area (Å²) in [7, 11) is 0. The van der Waals surface area contributed by atoms with E-state index in [-0.39, 0.29) is 35.3 Å². The van der Waals surface area contributed by atoms with Crippen molar-refractivity contribution < 1.29 is 34.7 Å². The van der Waals surface area contributed by atoms with Crippen LogP contribution in [0.4, 0.5) is 0 Å². The van der Waals surface area contributed by atoms with Crippen LogP contribution in [0.1, 0.15) is 51.0 Å². The molecule has 0 heterocycles. The summed E-state index contributed by atoms with van der Waals surface area (Å²) in [6, 6.07) is 7.22. The minimum atomic E-state index is 0. The van der Waals surface area contributed by atoms with E-state index in [0.29, 0.717) is 0 Å². The molecule has 0 N–H and O–H groups in total. The molecular formula is C14H21NaO. The summed E-state index contributed by atoms with van der Waals surface area (Å²) in [4.78, 5) is 0. The van der Waals surface area contributed by atoms with E-state index < -0.39 is 0 Å². The van der Waals surface area contributed by atoms with Crippen molar-refractivity contribution in [2.75, 3.05) is 0 Å². The van der Waals surface area contributed by atoms with E-state index in [1.807, 2.05) is 12.1 Å². The number of unbranched alkanes of at least 4 members (excludes halogenated alkanes) is 5. The van der Waals surface area contributed by atoms with Gasteiger partial charge in [-0.1, -0.05) is 63.3 Å². The smallest absolute Gasteiger partial charge is 0.872 e. The van der Waals surface area contributed by atoms with Gasteiger partial charge in [0.1, 0.15) is 0 Å². The molecule has 0 aliphatic heterocycles. The quantitative estimate of drug-likeness (QED) is 0.497. The van der Waals surface area contributed by atoms with Gasteiger partial charge in [0, 0.05) is 0 Å². The zero-order valence-corrected chi connectivity index (χ0v) is 12.7. The normalized spacial score (nSPS) is 9.81. The van der Waals surface area contributed by atoms with Gasteiger partial charge in [-0.2, -0.15) is 0 Å². The molecule has 1 rings (SSSR count). The number of hydrogen-bond donors (Lipinski definition) is 0. The molecule has 1 aromatic carbocycles. The Balaban J connectivity index is 0.00000225. The molecule has 0 atom stereocenters. The maximum atomic E-state index is 10.9. The molecule has 0 bridgehead atoms. The maximum absolute atomic E-state index is 10.9. The minimum absolute atomic E-state index is 0. The Morgan fingerprint density at radius 3 is 2.06 bits per heavy atom. The molecule has 0 radical (unpaired) electrons. The van der Waals surface area contributed by atoms with Crippen molar-refractivity contribution in [1.82, 2.24) is 0 Å². The predicted molar refractivity (Wildman–Crippen MR) is 63.0 cm³/mol. The molecule has 84 valence electrons. The van der Waals surface area contributed by atoms with Crippen molar-refractivity contribution in [3.63, 3.8) is 0 Å². The van der Waals surface area contributed by atoms with E-state index in [1.165, 1.54) is 44.1 Å². The molecule has 0 unspecified atom stereocenters. The standard InChI is InChI=1S/C14H22O.Na/c1-2-3-4-5-6-7-8-13-9-11-14(15)12-10-13;/h9-12,15H,2-8H2,1H3;/q;+1/p-1. The van der Waals surface area contributed by atoms with Crippen molar-refractivity contribution in [2.24, 2.45) is 0 Å². The molecule has 16 heavy (non-hydrogen) atoms. The second kappa shape index (κ2) is 10.2. The monoisotopic (exact) mass is 228 g/mol. The summed E-state index contributed by atoms with van der Waals surface area (Å²) in [5, 5.41) is 10.9. The van der Waals surface area contributed by atoms with Crippen LogP contribution in [0, 0.1) is 0 Å². The summed E-state index contributed by atoms with van der Waals surface area (Å²) >= 11 is 0. The SMILES string of the molecule is CCCCCCCCc1ccc([O-])cc1.[Na+]. The first-order chi connectivity index (χ1) is 7.33. The summed E-state index contributed by atoms with van der Waals surface area (Å²) < 4.78 is 0. The van der Waals surface area contributed by atoms with Crippen molar-refractivity contribution in [3.8, 4) is 5.75 Å². The first kappa shape index (κ1) is 16.0. The van der Waals surface area contributed by atoms with Crippen LogP contribution < -0.4 is 34.7 Å². The Hall–Kier alpha value is 0.0200. The molecule has 0 spiro atoms. The van der Waals surface area contributed by atoms with Crippen molar-refractivity contribution in [2.45, 2.75) is 51.9 Å². The van der Waals surface area contributed by atoms with E-state index in [2.05, 4.69) is 6.92 Å². The predicted octanol–water partition coefficient (Wildman–Crippen LogP) is 0.667. The number of rotatable bonds is 7. The molecule has 0 saturated heterocycles. The van der Waals surface area contributed by atoms with Crippen molar-refractivity contribution in [1.29, 1.82) is 0 Å². The van der Waals surface area contributed by atoms with Gasteiger partial charge < -0.3 is 5.11 Å². The molecule has 1 aromatic rings. The van der Waals surface area contributed by atoms with Crippen LogP contribution in [0.2, 0.25) is 0 Å². The van der Waals surface area contributed by atoms with E-state index >= 15 is 0 Å². The van der Waals surface area contributed by atoms with Crippen LogP contribution in [0.15, 0.2) is 24.3 Å². The van der Waals surface area contributed by atoms with Crippen LogP contribution in [0.25, 0.3) is 0 Å². The van der Waals surface area contributed by atoms with Gasteiger partial charge in [0.15, 0.2) is 0 Å². The van der Waals surface area contributed by atoms with Gasteiger partial charge in [-0.3, -0.25) is 0 Å². The molecular weight excluding hydrogens is 207 g/mol. The Morgan fingerprint density at radius 2 is 1.44 bits per heavy atom. The molecule has 0 fully saturated rings. The number of hydrogen-bond acceptors (Lipinski definition) is 1. The van der Waals surface area contributed by atoms with Gasteiger partial charge in [-0.05, 0) is 18.4 Å². The molecule has 0 amide bonds. The second-order valence-electron chi connectivity index (χ2n) is 4.16. The second-order valence-corrected chi connectivity index (χ2v) is 4.16. The zero-order chi connectivity index (χ0) is 10.9. The topological polar surface area (TPSA) is 23.1 Å². The molecule has 1 nitrogen and oxygen atoms in total. The summed E-state index contributed by atoms with van der Waals surface area (Å²) in [6.07, 6.45) is 9.09. The van der Waals surface area contributed by atoms with Crippen LogP contribution in [0.5, 0.6) is 5.75 Å². The molecule has 0 aromatic heterocycles. The summed E-state index contributed by atoms with van der Waals surface area (Å²) in [5.41, 5.74) is 1.30. The van der Waals surface area contributed by atoms with E-state index in [9.17, 15) is 5.11 Å². The fourth-order valence-electron chi connectivity index (χ4n) is 1.77. The van der Waals surface area contributed by atoms with Crippen LogP contribution in [-0.4, -0.2) is 0 Å². The van der Waals surface area contributed by atoms with Gasteiger partial charge in [0.2, 0.25) is 0 Å². The Morgan fingerprint density at radius 1 is 0.875 bits per heavy atom. The third kappa shape index (κ3) is 7.32. The van der Waals surface area contributed by atoms with E-state index in [1.54, 1.807) is 12.1 Å². The van der Waals surface area contributed by atoms with Crippen molar-refractivity contribution in [3.05, 3.63) is 29.8 Å². The molecule has 0 aliphatic carbocycles. The molecule has 0 saturated carbocycles. The Labute approximate surface area is 122 Å². The third-order valence-electron chi connectivity index (χ3n) is 2.74. The van der Waals surface area contributed by atoms with Gasteiger partial charge in [0.05, 0.1) is 0 Å². The third-order valence-corrected chi connectivity index (χ3v) is 2.74. The fourth-order valence-corrected chi connectivity index (χ4v) is 1.77. The molecule has 2 heteroatoms. The average molecular weight is 228 g/mol. The zero-order valence-electron chi connectivity index (χ0n) is 10.7. The van der Waals surface area contributed by atoms with Crippen LogP contribution in [0.3, 0.4) is 0 Å². The van der Waals surface area contributed by atoms with Crippen molar-refractivity contribution >= 4 is 0 Å². The summed E-state index contributed by atoms with van der Waals surface area (Å²) in [5.74, 6) is 0.113. The maximum Gasteiger partial charge on any atom is 1.00 e. The van der Waals surface area contributed by atoms with Gasteiger partial charge in [0.25, 0.3) is 0 Å². The first-order valence-corrected chi connectivity index (χ1v) is 6.09. The van der Waals surface area contributed by atoms with Gasteiger partial charge in [-0.15, -0.1) is 5.75 Å². The van der Waals surface area contributed by atoms with Crippen LogP contribution >= 0.6 is 0 Å². The Kier molecular flexibility index (Phi) is 10.2. The minimum Gasteiger partial charge on any atom is -0.872 e. The Bertz CT molecular complexity index is 256. The first-order valence-electron chi connectivity index (χ1n) is 6.09. The van der Waals surface area contributed by atoms with Gasteiger partial charge in [-0.25, -0.2) is 0 Å². The van der Waals surface area contributed by atoms with Gasteiger partial charge >= 0.3 is 29.6 Å². The average Bonchev–Trinajstić information content (AvgIpc) is 2.26. The van der Waals surface area contributed by atoms with E-state index in [4.69, 9.17) is 0 Å². The summed E-state index contributed by atoms with van der Waals surface area (Å²) in [6.45, 7) is 2.24. The van der Waals surface area contributed by atoms with E-state index in [0.717, 1.165) is 6.42 Å². The fraction of sp³-hybridized carbons (Fsp3) is 0.571. The van der Waals surface area contributed by atoms with Crippen LogP contribution in [-0.2, 0) is 6.42 Å². The largest absolute Gasteiger partial charge is 1.00 e. The number of benzene rings is 1.